The van der Waals surface area contributed by atoms with E-state index in [0.29, 0.717) is 6.42 Å². The van der Waals surface area contributed by atoms with Crippen molar-refractivity contribution in [1.29, 1.82) is 5.26 Å². The Morgan fingerprint density at radius 2 is 2.17 bits per heavy atom. The smallest absolute Gasteiger partial charge is 0.0640 e. The van der Waals surface area contributed by atoms with Crippen LogP contribution >= 0.6 is 0 Å². The number of aromatic nitrogens is 1. The van der Waals surface area contributed by atoms with E-state index < -0.39 is 0 Å². The number of benzene rings is 1. The van der Waals surface area contributed by atoms with Crippen LogP contribution in [0.3, 0.4) is 0 Å². The van der Waals surface area contributed by atoms with Gasteiger partial charge in [-0.05, 0) is 25.1 Å². The Balaban J connectivity index is 2.50. The van der Waals surface area contributed by atoms with Gasteiger partial charge in [-0.25, -0.2) is 0 Å². The molecule has 2 aromatic rings. The van der Waals surface area contributed by atoms with E-state index in [2.05, 4.69) is 22.9 Å². The predicted molar refractivity (Wildman–Crippen MR) is 74.3 cm³/mol. The van der Waals surface area contributed by atoms with Crippen molar-refractivity contribution in [3.05, 3.63) is 30.6 Å². The van der Waals surface area contributed by atoms with Gasteiger partial charge in [0.15, 0.2) is 0 Å². The lowest BCUT2D eigenvalue weighted by Gasteiger charge is -2.24. The summed E-state index contributed by atoms with van der Waals surface area (Å²) in [5, 5.41) is 10.8. The fraction of sp³-hybridized carbons (Fsp3) is 0.286. The second kappa shape index (κ2) is 5.37. The summed E-state index contributed by atoms with van der Waals surface area (Å²) in [4.78, 5) is 6.30. The van der Waals surface area contributed by atoms with Crippen LogP contribution < -0.4 is 10.6 Å². The number of pyridine rings is 1. The van der Waals surface area contributed by atoms with E-state index in [0.717, 1.165) is 35.2 Å². The fourth-order valence-electron chi connectivity index (χ4n) is 2.11. The van der Waals surface area contributed by atoms with Gasteiger partial charge in [0.2, 0.25) is 0 Å². The molecule has 0 saturated carbocycles. The Morgan fingerprint density at radius 3 is 2.89 bits per heavy atom. The zero-order valence-corrected chi connectivity index (χ0v) is 10.4. The van der Waals surface area contributed by atoms with Gasteiger partial charge in [-0.1, -0.05) is 0 Å². The highest BCUT2D eigenvalue weighted by Crippen LogP contribution is 2.30. The quantitative estimate of drug-likeness (QED) is 0.834. The number of hydrogen-bond acceptors (Lipinski definition) is 4. The number of rotatable bonds is 4. The molecule has 4 nitrogen and oxygen atoms in total. The lowest BCUT2D eigenvalue weighted by Crippen LogP contribution is -2.23. The molecule has 0 aliphatic heterocycles. The largest absolute Gasteiger partial charge is 0.398 e. The molecule has 2 rings (SSSR count). The van der Waals surface area contributed by atoms with Crippen LogP contribution in [0.4, 0.5) is 11.4 Å². The second-order valence-corrected chi connectivity index (χ2v) is 4.08. The average molecular weight is 240 g/mol. The molecule has 1 heterocycles. The standard InChI is InChI=1S/C14H16N4/c1-2-18(9-3-7-15)14-5-4-13(16)12-10-17-8-6-11(12)14/h4-6,8,10H,2-3,9,16H2,1H3. The summed E-state index contributed by atoms with van der Waals surface area (Å²) in [6.45, 7) is 3.68. The molecule has 0 spiro atoms. The third-order valence-corrected chi connectivity index (χ3v) is 3.04. The van der Waals surface area contributed by atoms with E-state index in [1.54, 1.807) is 12.4 Å². The molecule has 4 heteroatoms. The zero-order chi connectivity index (χ0) is 13.0. The Bertz CT molecular complexity index is 586. The first kappa shape index (κ1) is 12.2. The van der Waals surface area contributed by atoms with E-state index in [1.807, 2.05) is 18.2 Å². The first-order chi connectivity index (χ1) is 8.77. The highest BCUT2D eigenvalue weighted by Gasteiger charge is 2.09. The molecule has 0 aliphatic rings. The summed E-state index contributed by atoms with van der Waals surface area (Å²) in [5.74, 6) is 0. The number of nitriles is 1. The van der Waals surface area contributed by atoms with Crippen LogP contribution in [-0.4, -0.2) is 18.1 Å². The van der Waals surface area contributed by atoms with Crippen LogP contribution in [0.15, 0.2) is 30.6 Å². The number of nitrogen functional groups attached to an aromatic ring is 1. The molecule has 0 unspecified atom stereocenters. The lowest BCUT2D eigenvalue weighted by atomic mass is 10.1. The monoisotopic (exact) mass is 240 g/mol. The number of fused-ring (bicyclic) bond motifs is 1. The molecule has 1 aromatic carbocycles. The van der Waals surface area contributed by atoms with Crippen LogP contribution in [0.2, 0.25) is 0 Å². The number of nitrogens with zero attached hydrogens (tertiary/aromatic N) is 3. The van der Waals surface area contributed by atoms with E-state index in [9.17, 15) is 0 Å². The van der Waals surface area contributed by atoms with Gasteiger partial charge < -0.3 is 10.6 Å². The van der Waals surface area contributed by atoms with Crippen molar-refractivity contribution in [1.82, 2.24) is 4.98 Å². The third-order valence-electron chi connectivity index (χ3n) is 3.04. The van der Waals surface area contributed by atoms with Crippen LogP contribution in [0, 0.1) is 11.3 Å². The molecule has 18 heavy (non-hydrogen) atoms. The van der Waals surface area contributed by atoms with Crippen LogP contribution in [0.1, 0.15) is 13.3 Å². The van der Waals surface area contributed by atoms with Crippen LogP contribution in [-0.2, 0) is 0 Å². The Hall–Kier alpha value is -2.28. The van der Waals surface area contributed by atoms with Gasteiger partial charge in [0, 0.05) is 47.6 Å². The Labute approximate surface area is 107 Å². The van der Waals surface area contributed by atoms with Crippen molar-refractivity contribution >= 4 is 22.1 Å². The predicted octanol–water partition coefficient (Wildman–Crippen LogP) is 2.56. The number of hydrogen-bond donors (Lipinski definition) is 1. The second-order valence-electron chi connectivity index (χ2n) is 4.08. The van der Waals surface area contributed by atoms with E-state index >= 15 is 0 Å². The van der Waals surface area contributed by atoms with Gasteiger partial charge in [-0.15, -0.1) is 0 Å². The molecule has 0 radical (unpaired) electrons. The minimum atomic E-state index is 0.519. The van der Waals surface area contributed by atoms with Gasteiger partial charge in [0.25, 0.3) is 0 Å². The van der Waals surface area contributed by atoms with Crippen molar-refractivity contribution < 1.29 is 0 Å². The summed E-state index contributed by atoms with van der Waals surface area (Å²) >= 11 is 0. The van der Waals surface area contributed by atoms with Crippen molar-refractivity contribution in [2.75, 3.05) is 23.7 Å². The SMILES string of the molecule is CCN(CCC#N)c1ccc(N)c2cnccc12. The maximum atomic E-state index is 8.71. The summed E-state index contributed by atoms with van der Waals surface area (Å²) in [6.07, 6.45) is 4.07. The average Bonchev–Trinajstić information content (AvgIpc) is 2.42. The Kier molecular flexibility index (Phi) is 3.63. The first-order valence-electron chi connectivity index (χ1n) is 6.02. The normalized spacial score (nSPS) is 10.2. The molecule has 0 amide bonds. The molecule has 0 saturated heterocycles. The van der Waals surface area contributed by atoms with E-state index in [-0.39, 0.29) is 0 Å². The summed E-state index contributed by atoms with van der Waals surface area (Å²) in [5.41, 5.74) is 7.80. The topological polar surface area (TPSA) is 65.9 Å². The molecule has 2 N–H and O–H groups in total. The van der Waals surface area contributed by atoms with Gasteiger partial charge in [0.05, 0.1) is 12.5 Å². The molecule has 0 aliphatic carbocycles. The van der Waals surface area contributed by atoms with Crippen molar-refractivity contribution in [3.8, 4) is 6.07 Å². The van der Waals surface area contributed by atoms with Gasteiger partial charge >= 0.3 is 0 Å². The summed E-state index contributed by atoms with van der Waals surface area (Å²) < 4.78 is 0. The highest BCUT2D eigenvalue weighted by molar-refractivity contribution is 6.00. The zero-order valence-electron chi connectivity index (χ0n) is 10.4. The number of anilines is 2. The van der Waals surface area contributed by atoms with E-state index in [1.165, 1.54) is 0 Å². The minimum absolute atomic E-state index is 0.519. The molecule has 1 aromatic heterocycles. The number of nitrogens with two attached hydrogens (primary N) is 1. The molecule has 0 atom stereocenters. The Morgan fingerprint density at radius 1 is 1.33 bits per heavy atom. The first-order valence-corrected chi connectivity index (χ1v) is 6.02. The molecular formula is C14H16N4. The third kappa shape index (κ3) is 2.21. The summed E-state index contributed by atoms with van der Waals surface area (Å²) in [7, 11) is 0. The maximum Gasteiger partial charge on any atom is 0.0640 e. The fourth-order valence-corrected chi connectivity index (χ4v) is 2.11. The van der Waals surface area contributed by atoms with Crippen molar-refractivity contribution in [2.45, 2.75) is 13.3 Å². The molecule has 0 bridgehead atoms. The molecular weight excluding hydrogens is 224 g/mol. The van der Waals surface area contributed by atoms with E-state index in [4.69, 9.17) is 11.0 Å². The van der Waals surface area contributed by atoms with Gasteiger partial charge in [-0.2, -0.15) is 5.26 Å². The minimum Gasteiger partial charge on any atom is -0.398 e. The molecule has 0 fully saturated rings. The maximum absolute atomic E-state index is 8.71. The van der Waals surface area contributed by atoms with Gasteiger partial charge in [0.1, 0.15) is 0 Å². The van der Waals surface area contributed by atoms with Crippen LogP contribution in [0.5, 0.6) is 0 Å². The van der Waals surface area contributed by atoms with Crippen molar-refractivity contribution in [3.63, 3.8) is 0 Å². The lowest BCUT2D eigenvalue weighted by molar-refractivity contribution is 0.831. The summed E-state index contributed by atoms with van der Waals surface area (Å²) in [6, 6.07) is 8.06. The van der Waals surface area contributed by atoms with Crippen molar-refractivity contribution in [2.24, 2.45) is 0 Å². The highest BCUT2D eigenvalue weighted by atomic mass is 15.1. The molecule has 92 valence electrons. The van der Waals surface area contributed by atoms with Gasteiger partial charge in [-0.3, -0.25) is 4.98 Å². The van der Waals surface area contributed by atoms with Crippen LogP contribution in [0.25, 0.3) is 10.8 Å².